The molecule has 1 unspecified atom stereocenters. The van der Waals surface area contributed by atoms with E-state index in [-0.39, 0.29) is 11.9 Å². The van der Waals surface area contributed by atoms with Crippen molar-refractivity contribution >= 4 is 22.7 Å². The van der Waals surface area contributed by atoms with Crippen molar-refractivity contribution in [1.82, 2.24) is 10.3 Å². The largest absolute Gasteiger partial charge is 0.366 e. The van der Waals surface area contributed by atoms with Gasteiger partial charge in [0.05, 0.1) is 11.1 Å². The summed E-state index contributed by atoms with van der Waals surface area (Å²) in [5, 5.41) is 4.00. The maximum absolute atomic E-state index is 11.5. The standard InChI is InChI=1S/C17H19N3O2/c1-2-15(21)20-11-4-3-10(9-11)12-5-6-14(17(18)22)16-13(12)7-8-19-16/h2,5-8,10-11,19H,1,3-4,9H2,(H2,18,22)(H,20,21)/t10-,11?/m1/s1. The Morgan fingerprint density at radius 1 is 1.32 bits per heavy atom. The molecule has 5 heteroatoms. The van der Waals surface area contributed by atoms with Crippen LogP contribution in [0.3, 0.4) is 0 Å². The van der Waals surface area contributed by atoms with Crippen LogP contribution in [0.4, 0.5) is 0 Å². The van der Waals surface area contributed by atoms with Crippen LogP contribution in [0, 0.1) is 0 Å². The topological polar surface area (TPSA) is 88.0 Å². The zero-order valence-corrected chi connectivity index (χ0v) is 12.3. The van der Waals surface area contributed by atoms with Crippen LogP contribution in [0.1, 0.15) is 41.1 Å². The highest BCUT2D eigenvalue weighted by Gasteiger charge is 2.28. The number of aromatic amines is 1. The maximum Gasteiger partial charge on any atom is 0.250 e. The summed E-state index contributed by atoms with van der Waals surface area (Å²) in [6, 6.07) is 5.93. The van der Waals surface area contributed by atoms with Gasteiger partial charge in [0.1, 0.15) is 0 Å². The fourth-order valence-corrected chi connectivity index (χ4v) is 3.40. The van der Waals surface area contributed by atoms with Crippen LogP contribution in [0.2, 0.25) is 0 Å². The van der Waals surface area contributed by atoms with E-state index in [0.29, 0.717) is 11.5 Å². The van der Waals surface area contributed by atoms with Crippen LogP contribution in [0.25, 0.3) is 10.9 Å². The fraction of sp³-hybridized carbons (Fsp3) is 0.294. The zero-order chi connectivity index (χ0) is 15.7. The summed E-state index contributed by atoms with van der Waals surface area (Å²) in [6.07, 6.45) is 5.99. The molecule has 1 aliphatic carbocycles. The van der Waals surface area contributed by atoms with Crippen LogP contribution in [-0.2, 0) is 4.79 Å². The number of carbonyl (C=O) groups is 2. The highest BCUT2D eigenvalue weighted by atomic mass is 16.1. The Morgan fingerprint density at radius 3 is 2.86 bits per heavy atom. The van der Waals surface area contributed by atoms with E-state index in [2.05, 4.69) is 16.9 Å². The normalized spacial score (nSPS) is 20.9. The number of hydrogen-bond donors (Lipinski definition) is 3. The second-order valence-electron chi connectivity index (χ2n) is 5.75. The molecule has 1 aromatic carbocycles. The first-order valence-electron chi connectivity index (χ1n) is 7.43. The van der Waals surface area contributed by atoms with Gasteiger partial charge >= 0.3 is 0 Å². The van der Waals surface area contributed by atoms with E-state index >= 15 is 0 Å². The molecule has 114 valence electrons. The Hall–Kier alpha value is -2.56. The molecule has 2 atom stereocenters. The minimum Gasteiger partial charge on any atom is -0.366 e. The summed E-state index contributed by atoms with van der Waals surface area (Å²) in [4.78, 5) is 26.0. The van der Waals surface area contributed by atoms with Gasteiger partial charge in [-0.25, -0.2) is 0 Å². The Morgan fingerprint density at radius 2 is 2.14 bits per heavy atom. The molecule has 1 fully saturated rings. The monoisotopic (exact) mass is 297 g/mol. The summed E-state index contributed by atoms with van der Waals surface area (Å²) in [5.74, 6) is -0.182. The second kappa shape index (κ2) is 5.67. The van der Waals surface area contributed by atoms with Crippen LogP contribution in [0.5, 0.6) is 0 Å². The SMILES string of the molecule is C=CC(=O)NC1CC[C@@H](c2ccc(C(N)=O)c3[nH]ccc23)C1. The quantitative estimate of drug-likeness (QED) is 0.755. The fourth-order valence-electron chi connectivity index (χ4n) is 3.40. The molecular formula is C17H19N3O2. The van der Waals surface area contributed by atoms with Crippen LogP contribution in [-0.4, -0.2) is 22.8 Å². The third-order valence-electron chi connectivity index (χ3n) is 4.43. The Bertz CT molecular complexity index is 747. The summed E-state index contributed by atoms with van der Waals surface area (Å²) in [6.45, 7) is 3.48. The number of nitrogens with two attached hydrogens (primary N) is 1. The van der Waals surface area contributed by atoms with E-state index < -0.39 is 5.91 Å². The van der Waals surface area contributed by atoms with Crippen molar-refractivity contribution in [3.05, 3.63) is 48.2 Å². The lowest BCUT2D eigenvalue weighted by Gasteiger charge is -2.14. The Labute approximate surface area is 128 Å². The molecule has 1 aliphatic rings. The molecule has 1 saturated carbocycles. The summed E-state index contributed by atoms with van der Waals surface area (Å²) < 4.78 is 0. The van der Waals surface area contributed by atoms with Crippen molar-refractivity contribution < 1.29 is 9.59 Å². The third-order valence-corrected chi connectivity index (χ3v) is 4.43. The van der Waals surface area contributed by atoms with Gasteiger partial charge in [-0.2, -0.15) is 0 Å². The Balaban J connectivity index is 1.87. The lowest BCUT2D eigenvalue weighted by Crippen LogP contribution is -2.31. The molecule has 4 N–H and O–H groups in total. The molecule has 1 aromatic heterocycles. The highest BCUT2D eigenvalue weighted by molar-refractivity contribution is 6.05. The molecule has 3 rings (SSSR count). The van der Waals surface area contributed by atoms with Gasteiger partial charge < -0.3 is 16.0 Å². The molecule has 0 spiro atoms. The van der Waals surface area contributed by atoms with Crippen molar-refractivity contribution in [2.75, 3.05) is 0 Å². The van der Waals surface area contributed by atoms with Gasteiger partial charge in [-0.15, -0.1) is 0 Å². The molecule has 0 radical (unpaired) electrons. The molecule has 5 nitrogen and oxygen atoms in total. The third kappa shape index (κ3) is 2.50. The van der Waals surface area contributed by atoms with Gasteiger partial charge in [-0.1, -0.05) is 12.6 Å². The minimum absolute atomic E-state index is 0.124. The van der Waals surface area contributed by atoms with Gasteiger partial charge in [-0.3, -0.25) is 9.59 Å². The van der Waals surface area contributed by atoms with Gasteiger partial charge in [0.2, 0.25) is 5.91 Å². The Kier molecular flexibility index (Phi) is 3.71. The molecule has 22 heavy (non-hydrogen) atoms. The van der Waals surface area contributed by atoms with Crippen molar-refractivity contribution in [3.63, 3.8) is 0 Å². The molecule has 2 amide bonds. The van der Waals surface area contributed by atoms with Gasteiger partial charge in [0.25, 0.3) is 5.91 Å². The number of H-pyrrole nitrogens is 1. The maximum atomic E-state index is 11.5. The first-order chi connectivity index (χ1) is 10.6. The number of fused-ring (bicyclic) bond motifs is 1. The van der Waals surface area contributed by atoms with Crippen molar-refractivity contribution in [3.8, 4) is 0 Å². The van der Waals surface area contributed by atoms with Crippen molar-refractivity contribution in [2.45, 2.75) is 31.2 Å². The van der Waals surface area contributed by atoms with Gasteiger partial charge in [0.15, 0.2) is 0 Å². The van der Waals surface area contributed by atoms with Crippen molar-refractivity contribution in [2.24, 2.45) is 5.73 Å². The summed E-state index contributed by atoms with van der Waals surface area (Å²) >= 11 is 0. The number of aromatic nitrogens is 1. The predicted molar refractivity (Wildman–Crippen MR) is 85.5 cm³/mol. The zero-order valence-electron chi connectivity index (χ0n) is 12.3. The number of amides is 2. The summed E-state index contributed by atoms with van der Waals surface area (Å²) in [7, 11) is 0. The van der Waals surface area contributed by atoms with Crippen LogP contribution in [0.15, 0.2) is 37.1 Å². The van der Waals surface area contributed by atoms with Gasteiger partial charge in [0, 0.05) is 17.6 Å². The molecule has 0 aliphatic heterocycles. The van der Waals surface area contributed by atoms with Gasteiger partial charge in [-0.05, 0) is 49.0 Å². The molecule has 0 bridgehead atoms. The van der Waals surface area contributed by atoms with Crippen LogP contribution >= 0.6 is 0 Å². The number of primary amides is 1. The number of nitrogens with one attached hydrogen (secondary N) is 2. The highest BCUT2D eigenvalue weighted by Crippen LogP contribution is 2.38. The molecule has 0 saturated heterocycles. The lowest BCUT2D eigenvalue weighted by molar-refractivity contribution is -0.117. The lowest BCUT2D eigenvalue weighted by atomic mass is 9.92. The number of benzene rings is 1. The van der Waals surface area contributed by atoms with E-state index in [1.807, 2.05) is 18.3 Å². The van der Waals surface area contributed by atoms with E-state index in [0.717, 1.165) is 30.2 Å². The first kappa shape index (κ1) is 14.4. The first-order valence-corrected chi connectivity index (χ1v) is 7.43. The smallest absolute Gasteiger partial charge is 0.250 e. The second-order valence-corrected chi connectivity index (χ2v) is 5.75. The van der Waals surface area contributed by atoms with E-state index in [1.54, 1.807) is 6.07 Å². The summed E-state index contributed by atoms with van der Waals surface area (Å²) in [5.41, 5.74) is 7.93. The predicted octanol–water partition coefficient (Wildman–Crippen LogP) is 2.21. The number of rotatable bonds is 4. The van der Waals surface area contributed by atoms with Crippen LogP contribution < -0.4 is 11.1 Å². The molecular weight excluding hydrogens is 278 g/mol. The minimum atomic E-state index is -0.429. The molecule has 1 heterocycles. The van der Waals surface area contributed by atoms with E-state index in [4.69, 9.17) is 5.73 Å². The van der Waals surface area contributed by atoms with E-state index in [1.165, 1.54) is 11.6 Å². The average molecular weight is 297 g/mol. The van der Waals surface area contributed by atoms with E-state index in [9.17, 15) is 9.59 Å². The average Bonchev–Trinajstić information content (AvgIpc) is 3.14. The van der Waals surface area contributed by atoms with Crippen molar-refractivity contribution in [1.29, 1.82) is 0 Å². The number of hydrogen-bond acceptors (Lipinski definition) is 2. The number of carbonyl (C=O) groups excluding carboxylic acids is 2. The molecule has 2 aromatic rings.